The number of hydrogen-bond acceptors (Lipinski definition) is 2. The highest BCUT2D eigenvalue weighted by Crippen LogP contribution is 2.29. The predicted octanol–water partition coefficient (Wildman–Crippen LogP) is 4.61. The lowest BCUT2D eigenvalue weighted by Gasteiger charge is -2.29. The summed E-state index contributed by atoms with van der Waals surface area (Å²) < 4.78 is 0. The maximum absolute atomic E-state index is 12.3. The van der Waals surface area contributed by atoms with E-state index in [-0.39, 0.29) is 12.1 Å². The van der Waals surface area contributed by atoms with Crippen molar-refractivity contribution in [3.8, 4) is 0 Å². The van der Waals surface area contributed by atoms with Crippen LogP contribution in [-0.2, 0) is 0 Å². The van der Waals surface area contributed by atoms with Crippen molar-refractivity contribution in [2.45, 2.75) is 25.8 Å². The van der Waals surface area contributed by atoms with Crippen LogP contribution < -0.4 is 10.6 Å². The number of anilines is 1. The first-order chi connectivity index (χ1) is 12.1. The molecular formula is C20H24ClN3O. The van der Waals surface area contributed by atoms with Crippen LogP contribution in [0, 0.1) is 6.92 Å². The van der Waals surface area contributed by atoms with E-state index in [2.05, 4.69) is 15.5 Å². The number of nitrogens with zero attached hydrogens (tertiary/aromatic N) is 1. The van der Waals surface area contributed by atoms with Gasteiger partial charge < -0.3 is 10.6 Å². The molecule has 25 heavy (non-hydrogen) atoms. The molecule has 2 aromatic carbocycles. The summed E-state index contributed by atoms with van der Waals surface area (Å²) in [6, 6.07) is 15.6. The van der Waals surface area contributed by atoms with Crippen molar-refractivity contribution in [1.82, 2.24) is 10.2 Å². The minimum Gasteiger partial charge on any atom is -0.336 e. The van der Waals surface area contributed by atoms with Crippen LogP contribution >= 0.6 is 11.6 Å². The fourth-order valence-corrected chi connectivity index (χ4v) is 3.50. The normalized spacial score (nSPS) is 15.8. The van der Waals surface area contributed by atoms with Crippen LogP contribution in [-0.4, -0.2) is 30.6 Å². The smallest absolute Gasteiger partial charge is 0.319 e. The lowest BCUT2D eigenvalue weighted by molar-refractivity contribution is 0.227. The van der Waals surface area contributed by atoms with E-state index in [9.17, 15) is 4.79 Å². The number of rotatable bonds is 5. The van der Waals surface area contributed by atoms with Crippen molar-refractivity contribution in [3.63, 3.8) is 0 Å². The van der Waals surface area contributed by atoms with Gasteiger partial charge in [0.1, 0.15) is 0 Å². The average molecular weight is 358 g/mol. The number of amides is 2. The maximum Gasteiger partial charge on any atom is 0.319 e. The van der Waals surface area contributed by atoms with E-state index in [1.54, 1.807) is 0 Å². The first-order valence-corrected chi connectivity index (χ1v) is 9.11. The second-order valence-corrected chi connectivity index (χ2v) is 6.89. The molecule has 1 aliphatic rings. The molecule has 1 heterocycles. The van der Waals surface area contributed by atoms with Gasteiger partial charge in [-0.25, -0.2) is 4.79 Å². The van der Waals surface area contributed by atoms with Crippen LogP contribution in [0.1, 0.15) is 30.0 Å². The van der Waals surface area contributed by atoms with Gasteiger partial charge in [0.2, 0.25) is 0 Å². The summed E-state index contributed by atoms with van der Waals surface area (Å²) in [6.07, 6.45) is 2.38. The van der Waals surface area contributed by atoms with E-state index in [1.165, 1.54) is 18.4 Å². The van der Waals surface area contributed by atoms with Crippen LogP contribution in [0.15, 0.2) is 48.5 Å². The van der Waals surface area contributed by atoms with Crippen molar-refractivity contribution in [2.75, 3.05) is 25.0 Å². The Morgan fingerprint density at radius 2 is 1.80 bits per heavy atom. The molecule has 1 saturated heterocycles. The molecule has 132 valence electrons. The number of halogens is 1. The zero-order valence-corrected chi connectivity index (χ0v) is 15.2. The van der Waals surface area contributed by atoms with Gasteiger partial charge in [0.05, 0.1) is 6.04 Å². The van der Waals surface area contributed by atoms with Crippen molar-refractivity contribution in [1.29, 1.82) is 0 Å². The van der Waals surface area contributed by atoms with Crippen LogP contribution in [0.25, 0.3) is 0 Å². The lowest BCUT2D eigenvalue weighted by atomic mass is 10.1. The highest BCUT2D eigenvalue weighted by atomic mass is 35.5. The Hall–Kier alpha value is -2.04. The molecule has 0 bridgehead atoms. The molecule has 3 rings (SSSR count). The Bertz CT molecular complexity index is 711. The fraction of sp³-hybridized carbons (Fsp3) is 0.350. The number of likely N-dealkylation sites (tertiary alicyclic amines) is 1. The van der Waals surface area contributed by atoms with Crippen LogP contribution in [0.5, 0.6) is 0 Å². The summed E-state index contributed by atoms with van der Waals surface area (Å²) in [6.45, 7) is 4.63. The van der Waals surface area contributed by atoms with Gasteiger partial charge in [-0.15, -0.1) is 0 Å². The van der Waals surface area contributed by atoms with Gasteiger partial charge in [-0.2, -0.15) is 0 Å². The van der Waals surface area contributed by atoms with Gasteiger partial charge in [0.15, 0.2) is 0 Å². The Morgan fingerprint density at radius 1 is 1.12 bits per heavy atom. The van der Waals surface area contributed by atoms with Crippen LogP contribution in [0.4, 0.5) is 10.5 Å². The molecule has 1 fully saturated rings. The van der Waals surface area contributed by atoms with Crippen LogP contribution in [0.3, 0.4) is 0 Å². The number of benzene rings is 2. The van der Waals surface area contributed by atoms with Crippen molar-refractivity contribution in [2.24, 2.45) is 0 Å². The number of carbonyl (C=O) groups excluding carboxylic acids is 1. The number of nitrogens with one attached hydrogen (secondary N) is 2. The van der Waals surface area contributed by atoms with E-state index >= 15 is 0 Å². The van der Waals surface area contributed by atoms with E-state index < -0.39 is 0 Å². The first-order valence-electron chi connectivity index (χ1n) is 8.73. The minimum absolute atomic E-state index is 0.0972. The zero-order valence-electron chi connectivity index (χ0n) is 14.5. The fourth-order valence-electron chi connectivity index (χ4n) is 3.24. The van der Waals surface area contributed by atoms with Gasteiger partial charge in [-0.1, -0.05) is 47.5 Å². The minimum atomic E-state index is -0.194. The highest BCUT2D eigenvalue weighted by molar-refractivity contribution is 6.31. The Balaban J connectivity index is 1.65. The Labute approximate surface area is 154 Å². The van der Waals surface area contributed by atoms with E-state index in [0.29, 0.717) is 6.54 Å². The summed E-state index contributed by atoms with van der Waals surface area (Å²) in [5, 5.41) is 6.63. The summed E-state index contributed by atoms with van der Waals surface area (Å²) in [5.74, 6) is 0. The number of aryl methyl sites for hydroxylation is 1. The monoisotopic (exact) mass is 357 g/mol. The maximum atomic E-state index is 12.3. The average Bonchev–Trinajstić information content (AvgIpc) is 3.13. The Morgan fingerprint density at radius 3 is 2.48 bits per heavy atom. The number of hydrogen-bond donors (Lipinski definition) is 2. The third-order valence-corrected chi connectivity index (χ3v) is 4.96. The van der Waals surface area contributed by atoms with Gasteiger partial charge in [0, 0.05) is 17.3 Å². The SMILES string of the molecule is Cc1ccc(NC(=O)NCC(c2ccccc2Cl)N2CCCC2)cc1. The molecule has 0 radical (unpaired) electrons. The third kappa shape index (κ3) is 4.74. The van der Waals surface area contributed by atoms with E-state index in [4.69, 9.17) is 11.6 Å². The molecule has 4 nitrogen and oxygen atoms in total. The van der Waals surface area contributed by atoms with Gasteiger partial charge >= 0.3 is 6.03 Å². The number of urea groups is 1. The third-order valence-electron chi connectivity index (χ3n) is 4.61. The lowest BCUT2D eigenvalue weighted by Crippen LogP contribution is -2.38. The van der Waals surface area contributed by atoms with Crippen molar-refractivity contribution in [3.05, 3.63) is 64.7 Å². The summed E-state index contributed by atoms with van der Waals surface area (Å²) in [4.78, 5) is 14.7. The molecule has 2 N–H and O–H groups in total. The van der Waals surface area contributed by atoms with E-state index in [0.717, 1.165) is 29.4 Å². The molecule has 0 saturated carbocycles. The predicted molar refractivity (Wildman–Crippen MR) is 103 cm³/mol. The summed E-state index contributed by atoms with van der Waals surface area (Å²) in [7, 11) is 0. The summed E-state index contributed by atoms with van der Waals surface area (Å²) >= 11 is 6.40. The molecule has 5 heteroatoms. The second kappa shape index (κ2) is 8.37. The Kier molecular flexibility index (Phi) is 5.95. The molecule has 2 amide bonds. The molecule has 0 aliphatic carbocycles. The van der Waals surface area contributed by atoms with Crippen LogP contribution in [0.2, 0.25) is 5.02 Å². The van der Waals surface area contributed by atoms with Crippen molar-refractivity contribution >= 4 is 23.3 Å². The largest absolute Gasteiger partial charge is 0.336 e. The zero-order chi connectivity index (χ0) is 17.6. The quantitative estimate of drug-likeness (QED) is 0.820. The molecule has 1 atom stereocenters. The second-order valence-electron chi connectivity index (χ2n) is 6.48. The van der Waals surface area contributed by atoms with Gasteiger partial charge in [-0.3, -0.25) is 4.90 Å². The molecule has 1 aliphatic heterocycles. The highest BCUT2D eigenvalue weighted by Gasteiger charge is 2.25. The molecule has 0 aromatic heterocycles. The number of carbonyl (C=O) groups is 1. The molecule has 1 unspecified atom stereocenters. The standard InChI is InChI=1S/C20H24ClN3O/c1-15-8-10-16(11-9-15)23-20(25)22-14-19(24-12-4-5-13-24)17-6-2-3-7-18(17)21/h2-3,6-11,19H,4-5,12-14H2,1H3,(H2,22,23,25). The molecule has 2 aromatic rings. The van der Waals surface area contributed by atoms with Gasteiger partial charge in [-0.05, 0) is 56.6 Å². The van der Waals surface area contributed by atoms with E-state index in [1.807, 2.05) is 55.5 Å². The summed E-state index contributed by atoms with van der Waals surface area (Å²) in [5.41, 5.74) is 3.03. The topological polar surface area (TPSA) is 44.4 Å². The van der Waals surface area contributed by atoms with Crippen molar-refractivity contribution < 1.29 is 4.79 Å². The first kappa shape index (κ1) is 17.8. The molecular weight excluding hydrogens is 334 g/mol. The molecule has 0 spiro atoms. The van der Waals surface area contributed by atoms with Gasteiger partial charge in [0.25, 0.3) is 0 Å².